The molecule has 1 aliphatic rings. The van der Waals surface area contributed by atoms with Gasteiger partial charge < -0.3 is 5.32 Å². The van der Waals surface area contributed by atoms with Gasteiger partial charge in [0.1, 0.15) is 0 Å². The quantitative estimate of drug-likeness (QED) is 0.710. The first-order valence-corrected chi connectivity index (χ1v) is 6.63. The van der Waals surface area contributed by atoms with E-state index in [4.69, 9.17) is 0 Å². The van der Waals surface area contributed by atoms with Gasteiger partial charge >= 0.3 is 0 Å². The molecule has 1 unspecified atom stereocenters. The highest BCUT2D eigenvalue weighted by Gasteiger charge is 2.11. The van der Waals surface area contributed by atoms with Crippen LogP contribution in [0.3, 0.4) is 0 Å². The lowest BCUT2D eigenvalue weighted by Crippen LogP contribution is -2.35. The van der Waals surface area contributed by atoms with Crippen LogP contribution >= 0.6 is 23.5 Å². The summed E-state index contributed by atoms with van der Waals surface area (Å²) < 4.78 is 0. The lowest BCUT2D eigenvalue weighted by Gasteiger charge is -2.21. The molecule has 0 aromatic heterocycles. The van der Waals surface area contributed by atoms with Crippen LogP contribution in [0.5, 0.6) is 0 Å². The van der Waals surface area contributed by atoms with Crippen molar-refractivity contribution < 1.29 is 0 Å². The zero-order chi connectivity index (χ0) is 8.81. The molecule has 0 saturated carbocycles. The number of hydrogen-bond donors (Lipinski definition) is 1. The molecule has 0 aliphatic carbocycles. The fourth-order valence-corrected chi connectivity index (χ4v) is 2.39. The number of nitrogens with one attached hydrogen (secondary N) is 1. The SMILES string of the molecule is CSCCN=C1NC(C)CCS1. The Morgan fingerprint density at radius 2 is 2.58 bits per heavy atom. The number of rotatable bonds is 3. The molecule has 1 rings (SSSR count). The van der Waals surface area contributed by atoms with Gasteiger partial charge in [0.25, 0.3) is 0 Å². The van der Waals surface area contributed by atoms with Gasteiger partial charge in [0.2, 0.25) is 0 Å². The van der Waals surface area contributed by atoms with E-state index in [0.29, 0.717) is 6.04 Å². The summed E-state index contributed by atoms with van der Waals surface area (Å²) in [6.45, 7) is 3.16. The monoisotopic (exact) mass is 204 g/mol. The first kappa shape index (κ1) is 10.3. The fraction of sp³-hybridized carbons (Fsp3) is 0.875. The van der Waals surface area contributed by atoms with Gasteiger partial charge in [-0.1, -0.05) is 11.8 Å². The van der Waals surface area contributed by atoms with Crippen molar-refractivity contribution in [2.75, 3.05) is 24.3 Å². The summed E-state index contributed by atoms with van der Waals surface area (Å²) in [5.41, 5.74) is 0. The Labute approximate surface area is 83.0 Å². The molecule has 0 spiro atoms. The van der Waals surface area contributed by atoms with Crippen LogP contribution in [0.15, 0.2) is 4.99 Å². The van der Waals surface area contributed by atoms with Crippen molar-refractivity contribution in [2.24, 2.45) is 4.99 Å². The summed E-state index contributed by atoms with van der Waals surface area (Å²) in [5, 5.41) is 4.52. The summed E-state index contributed by atoms with van der Waals surface area (Å²) in [4.78, 5) is 4.47. The molecule has 0 bridgehead atoms. The third-order valence-electron chi connectivity index (χ3n) is 1.71. The van der Waals surface area contributed by atoms with Crippen molar-refractivity contribution in [1.29, 1.82) is 0 Å². The Bertz CT molecular complexity index is 159. The van der Waals surface area contributed by atoms with Crippen molar-refractivity contribution in [1.82, 2.24) is 5.32 Å². The molecule has 0 aromatic carbocycles. The summed E-state index contributed by atoms with van der Waals surface area (Å²) in [5.74, 6) is 2.34. The maximum absolute atomic E-state index is 4.47. The van der Waals surface area contributed by atoms with Crippen molar-refractivity contribution in [2.45, 2.75) is 19.4 Å². The van der Waals surface area contributed by atoms with Crippen LogP contribution in [-0.4, -0.2) is 35.5 Å². The van der Waals surface area contributed by atoms with E-state index in [2.05, 4.69) is 23.5 Å². The molecule has 1 N–H and O–H groups in total. The maximum Gasteiger partial charge on any atom is 0.156 e. The second-order valence-electron chi connectivity index (χ2n) is 2.86. The highest BCUT2D eigenvalue weighted by Crippen LogP contribution is 2.13. The molecule has 0 aromatic rings. The molecule has 1 atom stereocenters. The summed E-state index contributed by atoms with van der Waals surface area (Å²) in [7, 11) is 0. The van der Waals surface area contributed by atoms with E-state index < -0.39 is 0 Å². The number of amidine groups is 1. The van der Waals surface area contributed by atoms with E-state index in [1.54, 1.807) is 0 Å². The fourth-order valence-electron chi connectivity index (χ4n) is 0.987. The molecule has 70 valence electrons. The molecule has 1 aliphatic heterocycles. The van der Waals surface area contributed by atoms with Crippen molar-refractivity contribution in [3.05, 3.63) is 0 Å². The van der Waals surface area contributed by atoms with E-state index in [-0.39, 0.29) is 0 Å². The van der Waals surface area contributed by atoms with E-state index in [9.17, 15) is 0 Å². The Morgan fingerprint density at radius 1 is 1.75 bits per heavy atom. The summed E-state index contributed by atoms with van der Waals surface area (Å²) in [6, 6.07) is 0.610. The maximum atomic E-state index is 4.47. The molecule has 0 amide bonds. The second-order valence-corrected chi connectivity index (χ2v) is 4.93. The van der Waals surface area contributed by atoms with Gasteiger partial charge in [-0.3, -0.25) is 4.99 Å². The smallest absolute Gasteiger partial charge is 0.156 e. The number of aliphatic imine (C=N–C) groups is 1. The van der Waals surface area contributed by atoms with Crippen LogP contribution < -0.4 is 5.32 Å². The third kappa shape index (κ3) is 3.72. The van der Waals surface area contributed by atoms with Crippen LogP contribution in [0, 0.1) is 0 Å². The number of thioether (sulfide) groups is 2. The van der Waals surface area contributed by atoms with Crippen LogP contribution in [0.4, 0.5) is 0 Å². The summed E-state index contributed by atoms with van der Waals surface area (Å²) in [6.07, 6.45) is 3.37. The van der Waals surface area contributed by atoms with Crippen LogP contribution in [0.2, 0.25) is 0 Å². The van der Waals surface area contributed by atoms with Gasteiger partial charge in [-0.2, -0.15) is 11.8 Å². The largest absolute Gasteiger partial charge is 0.362 e. The van der Waals surface area contributed by atoms with Crippen LogP contribution in [0.25, 0.3) is 0 Å². The van der Waals surface area contributed by atoms with E-state index in [1.165, 1.54) is 12.2 Å². The predicted molar refractivity (Wildman–Crippen MR) is 60.4 cm³/mol. The molecule has 0 radical (unpaired) electrons. The average Bonchev–Trinajstić information content (AvgIpc) is 2.05. The molecule has 1 heterocycles. The Balaban J connectivity index is 2.25. The first-order valence-electron chi connectivity index (χ1n) is 4.25. The topological polar surface area (TPSA) is 24.4 Å². The van der Waals surface area contributed by atoms with E-state index in [1.807, 2.05) is 23.5 Å². The van der Waals surface area contributed by atoms with Gasteiger partial charge in [-0.05, 0) is 19.6 Å². The molecule has 2 nitrogen and oxygen atoms in total. The van der Waals surface area contributed by atoms with E-state index >= 15 is 0 Å². The van der Waals surface area contributed by atoms with Crippen LogP contribution in [0.1, 0.15) is 13.3 Å². The van der Waals surface area contributed by atoms with Crippen LogP contribution in [-0.2, 0) is 0 Å². The zero-order valence-corrected chi connectivity index (χ0v) is 9.30. The zero-order valence-electron chi connectivity index (χ0n) is 7.67. The molecule has 4 heteroatoms. The molecular formula is C8H16N2S2. The third-order valence-corrected chi connectivity index (χ3v) is 3.26. The van der Waals surface area contributed by atoms with Crippen molar-refractivity contribution in [3.8, 4) is 0 Å². The predicted octanol–water partition coefficient (Wildman–Crippen LogP) is 1.82. The second kappa shape index (κ2) is 5.75. The van der Waals surface area contributed by atoms with Gasteiger partial charge in [0.05, 0.1) is 6.54 Å². The van der Waals surface area contributed by atoms with Gasteiger partial charge in [0.15, 0.2) is 5.17 Å². The Hall–Kier alpha value is 0.170. The molecular weight excluding hydrogens is 188 g/mol. The summed E-state index contributed by atoms with van der Waals surface area (Å²) >= 11 is 3.69. The van der Waals surface area contributed by atoms with Gasteiger partial charge in [0, 0.05) is 17.5 Å². The molecule has 1 fully saturated rings. The molecule has 1 saturated heterocycles. The van der Waals surface area contributed by atoms with Gasteiger partial charge in [-0.15, -0.1) is 0 Å². The number of nitrogens with zero attached hydrogens (tertiary/aromatic N) is 1. The average molecular weight is 204 g/mol. The van der Waals surface area contributed by atoms with Crippen molar-refractivity contribution >= 4 is 28.7 Å². The lowest BCUT2D eigenvalue weighted by molar-refractivity contribution is 0.643. The highest BCUT2D eigenvalue weighted by atomic mass is 32.2. The first-order chi connectivity index (χ1) is 5.83. The highest BCUT2D eigenvalue weighted by molar-refractivity contribution is 8.13. The van der Waals surface area contributed by atoms with Gasteiger partial charge in [-0.25, -0.2) is 0 Å². The van der Waals surface area contributed by atoms with Crippen molar-refractivity contribution in [3.63, 3.8) is 0 Å². The molecule has 12 heavy (non-hydrogen) atoms. The lowest BCUT2D eigenvalue weighted by atomic mass is 10.3. The normalized spacial score (nSPS) is 27.2. The van der Waals surface area contributed by atoms with E-state index in [0.717, 1.165) is 17.5 Å². The minimum absolute atomic E-state index is 0.610. The Kier molecular flexibility index (Phi) is 4.92. The number of hydrogen-bond acceptors (Lipinski definition) is 3. The minimum atomic E-state index is 0.610. The Morgan fingerprint density at radius 3 is 3.25 bits per heavy atom. The standard InChI is InChI=1S/C8H16N2S2/c1-7-3-5-12-8(10-7)9-4-6-11-2/h7H,3-6H2,1-2H3,(H,9,10). The minimum Gasteiger partial charge on any atom is -0.362 e.